The lowest BCUT2D eigenvalue weighted by Gasteiger charge is -2.32. The highest BCUT2D eigenvalue weighted by Crippen LogP contribution is 2.25. The van der Waals surface area contributed by atoms with Crippen molar-refractivity contribution in [1.82, 2.24) is 15.2 Å². The number of nitrogens with one attached hydrogen (secondary N) is 1. The van der Waals surface area contributed by atoms with E-state index >= 15 is 0 Å². The van der Waals surface area contributed by atoms with E-state index in [9.17, 15) is 4.79 Å². The number of nitrogens with zero attached hydrogens (tertiary/aromatic N) is 2. The van der Waals surface area contributed by atoms with Crippen LogP contribution in [0.5, 0.6) is 5.75 Å². The molecule has 5 heteroatoms. The zero-order chi connectivity index (χ0) is 19.9. The Morgan fingerprint density at radius 2 is 1.96 bits per heavy atom. The van der Waals surface area contributed by atoms with Crippen LogP contribution in [0.2, 0.25) is 0 Å². The molecule has 1 saturated heterocycles. The summed E-state index contributed by atoms with van der Waals surface area (Å²) in [7, 11) is 0. The molecular formula is C23H29N3O2. The van der Waals surface area contributed by atoms with Crippen LogP contribution in [0.1, 0.15) is 41.3 Å². The second-order valence-electron chi connectivity index (χ2n) is 7.59. The maximum atomic E-state index is 12.6. The van der Waals surface area contributed by atoms with Gasteiger partial charge >= 0.3 is 0 Å². The number of rotatable bonds is 7. The summed E-state index contributed by atoms with van der Waals surface area (Å²) < 4.78 is 6.25. The highest BCUT2D eigenvalue weighted by atomic mass is 16.5. The molecule has 0 saturated carbocycles. The quantitative estimate of drug-likeness (QED) is 0.745. The second kappa shape index (κ2) is 9.51. The molecule has 0 radical (unpaired) electrons. The first kappa shape index (κ1) is 20.1. The Balaban J connectivity index is 1.58. The number of carbonyl (C=O) groups is 1. The summed E-state index contributed by atoms with van der Waals surface area (Å²) in [5.74, 6) is 0.550. The summed E-state index contributed by atoms with van der Waals surface area (Å²) in [4.78, 5) is 19.1. The number of amides is 1. The lowest BCUT2D eigenvalue weighted by molar-refractivity contribution is 0.0893. The third-order valence-electron chi connectivity index (χ3n) is 4.91. The third kappa shape index (κ3) is 5.67. The Morgan fingerprint density at radius 1 is 1.25 bits per heavy atom. The molecule has 1 aliphatic heterocycles. The van der Waals surface area contributed by atoms with Crippen LogP contribution < -0.4 is 10.1 Å². The maximum absolute atomic E-state index is 12.6. The minimum absolute atomic E-state index is 0.114. The number of likely N-dealkylation sites (tertiary alicyclic amines) is 1. The smallest absolute Gasteiger partial charge is 0.255 e. The van der Waals surface area contributed by atoms with Crippen LogP contribution in [0.3, 0.4) is 0 Å². The van der Waals surface area contributed by atoms with Crippen molar-refractivity contribution in [3.63, 3.8) is 0 Å². The van der Waals surface area contributed by atoms with E-state index in [1.807, 2.05) is 44.4 Å². The molecule has 0 unspecified atom stereocenters. The van der Waals surface area contributed by atoms with Crippen molar-refractivity contribution in [2.24, 2.45) is 0 Å². The maximum Gasteiger partial charge on any atom is 0.255 e. The molecular weight excluding hydrogens is 350 g/mol. The molecule has 1 aromatic heterocycles. The number of hydrogen-bond donors (Lipinski definition) is 1. The summed E-state index contributed by atoms with van der Waals surface area (Å²) in [6.07, 6.45) is 5.70. The van der Waals surface area contributed by atoms with Crippen molar-refractivity contribution >= 4 is 5.91 Å². The molecule has 1 aromatic carbocycles. The third-order valence-corrected chi connectivity index (χ3v) is 4.91. The fourth-order valence-corrected chi connectivity index (χ4v) is 3.36. The number of hydrogen-bond acceptors (Lipinski definition) is 4. The molecule has 3 rings (SSSR count). The molecule has 1 N–H and O–H groups in total. The van der Waals surface area contributed by atoms with E-state index in [0.29, 0.717) is 17.9 Å². The van der Waals surface area contributed by atoms with Gasteiger partial charge < -0.3 is 10.1 Å². The van der Waals surface area contributed by atoms with E-state index in [-0.39, 0.29) is 12.0 Å². The Morgan fingerprint density at radius 3 is 2.64 bits per heavy atom. The van der Waals surface area contributed by atoms with Crippen LogP contribution in [0.4, 0.5) is 0 Å². The van der Waals surface area contributed by atoms with E-state index < -0.39 is 0 Å². The van der Waals surface area contributed by atoms with Gasteiger partial charge in [-0.15, -0.1) is 0 Å². The number of benzene rings is 1. The molecule has 0 aliphatic carbocycles. The van der Waals surface area contributed by atoms with Crippen molar-refractivity contribution in [3.05, 3.63) is 71.6 Å². The molecule has 148 valence electrons. The number of piperidine rings is 1. The molecule has 28 heavy (non-hydrogen) atoms. The number of carbonyl (C=O) groups excluding carboxylic acids is 1. The van der Waals surface area contributed by atoms with Crippen LogP contribution in [0.15, 0.2) is 54.9 Å². The monoisotopic (exact) mass is 379 g/mol. The Hall–Kier alpha value is -2.66. The minimum Gasteiger partial charge on any atom is -0.489 e. The van der Waals surface area contributed by atoms with Crippen LogP contribution in [0.25, 0.3) is 0 Å². The van der Waals surface area contributed by atoms with Crippen LogP contribution in [-0.4, -0.2) is 41.5 Å². The topological polar surface area (TPSA) is 54.5 Å². The fraction of sp³-hybridized carbons (Fsp3) is 0.391. The lowest BCUT2D eigenvalue weighted by atomic mass is 10.1. The molecule has 0 bridgehead atoms. The predicted octanol–water partition coefficient (Wildman–Crippen LogP) is 3.74. The molecule has 5 nitrogen and oxygen atoms in total. The van der Waals surface area contributed by atoms with E-state index in [0.717, 1.165) is 43.6 Å². The second-order valence-corrected chi connectivity index (χ2v) is 7.59. The van der Waals surface area contributed by atoms with Gasteiger partial charge in [-0.3, -0.25) is 14.7 Å². The number of ether oxygens (including phenoxy) is 1. The van der Waals surface area contributed by atoms with E-state index in [1.165, 1.54) is 5.56 Å². The average Bonchev–Trinajstić information content (AvgIpc) is 2.69. The largest absolute Gasteiger partial charge is 0.489 e. The van der Waals surface area contributed by atoms with Crippen LogP contribution >= 0.6 is 0 Å². The SMILES string of the molecule is C=C(C)CNC(=O)c1cc(C)ccc1OC1CCN(Cc2ccncc2)CC1. The first-order chi connectivity index (χ1) is 13.5. The first-order valence-corrected chi connectivity index (χ1v) is 9.82. The standard InChI is InChI=1S/C23H29N3O2/c1-17(2)15-25-23(27)21-14-18(3)4-5-22(21)28-20-8-12-26(13-9-20)16-19-6-10-24-11-7-19/h4-7,10-11,14,20H,1,8-9,12-13,15-16H2,2-3H3,(H,25,27). The summed E-state index contributed by atoms with van der Waals surface area (Å²) >= 11 is 0. The highest BCUT2D eigenvalue weighted by Gasteiger charge is 2.22. The van der Waals surface area contributed by atoms with Gasteiger partial charge in [-0.1, -0.05) is 23.8 Å². The molecule has 0 atom stereocenters. The van der Waals surface area contributed by atoms with Crippen LogP contribution in [0, 0.1) is 6.92 Å². The minimum atomic E-state index is -0.114. The molecule has 2 heterocycles. The average molecular weight is 380 g/mol. The Bertz CT molecular complexity index is 812. The van der Waals surface area contributed by atoms with E-state index in [4.69, 9.17) is 4.74 Å². The van der Waals surface area contributed by atoms with Gasteiger partial charge in [0.2, 0.25) is 0 Å². The van der Waals surface area contributed by atoms with Crippen molar-refractivity contribution < 1.29 is 9.53 Å². The predicted molar refractivity (Wildman–Crippen MR) is 111 cm³/mol. The number of aryl methyl sites for hydroxylation is 1. The van der Waals surface area contributed by atoms with Gasteiger partial charge in [-0.2, -0.15) is 0 Å². The summed E-state index contributed by atoms with van der Waals surface area (Å²) in [6.45, 7) is 11.1. The Kier molecular flexibility index (Phi) is 6.82. The summed E-state index contributed by atoms with van der Waals surface area (Å²) in [5, 5.41) is 2.91. The lowest BCUT2D eigenvalue weighted by Crippen LogP contribution is -2.38. The van der Waals surface area contributed by atoms with E-state index in [1.54, 1.807) is 0 Å². The molecule has 2 aromatic rings. The normalized spacial score (nSPS) is 15.2. The van der Waals surface area contributed by atoms with E-state index in [2.05, 4.69) is 33.9 Å². The van der Waals surface area contributed by atoms with Gasteiger partial charge in [0, 0.05) is 38.6 Å². The van der Waals surface area contributed by atoms with Gasteiger partial charge in [0.1, 0.15) is 11.9 Å². The molecule has 1 aliphatic rings. The number of pyridine rings is 1. The Labute approximate surface area is 167 Å². The van der Waals surface area contributed by atoms with Crippen molar-refractivity contribution in [2.45, 2.75) is 39.3 Å². The van der Waals surface area contributed by atoms with Gasteiger partial charge in [-0.05, 0) is 56.5 Å². The highest BCUT2D eigenvalue weighted by molar-refractivity contribution is 5.97. The van der Waals surface area contributed by atoms with Gasteiger partial charge in [0.05, 0.1) is 5.56 Å². The zero-order valence-electron chi connectivity index (χ0n) is 16.8. The summed E-state index contributed by atoms with van der Waals surface area (Å²) in [6, 6.07) is 9.91. The molecule has 1 fully saturated rings. The first-order valence-electron chi connectivity index (χ1n) is 9.82. The van der Waals surface area contributed by atoms with Gasteiger partial charge in [0.25, 0.3) is 5.91 Å². The molecule has 0 spiro atoms. The summed E-state index contributed by atoms with van der Waals surface area (Å²) in [5.41, 5.74) is 3.84. The number of aromatic nitrogens is 1. The van der Waals surface area contributed by atoms with Crippen molar-refractivity contribution in [3.8, 4) is 5.75 Å². The zero-order valence-corrected chi connectivity index (χ0v) is 16.8. The van der Waals surface area contributed by atoms with Crippen molar-refractivity contribution in [1.29, 1.82) is 0 Å². The van der Waals surface area contributed by atoms with Gasteiger partial charge in [-0.25, -0.2) is 0 Å². The fourth-order valence-electron chi connectivity index (χ4n) is 3.36. The van der Waals surface area contributed by atoms with Crippen molar-refractivity contribution in [2.75, 3.05) is 19.6 Å². The van der Waals surface area contributed by atoms with Gasteiger partial charge in [0.15, 0.2) is 0 Å². The van der Waals surface area contributed by atoms with Crippen LogP contribution in [-0.2, 0) is 6.54 Å². The molecule has 1 amide bonds.